The van der Waals surface area contributed by atoms with Crippen molar-refractivity contribution in [2.24, 2.45) is 0 Å². The summed E-state index contributed by atoms with van der Waals surface area (Å²) in [5, 5.41) is 3.14. The second-order valence-electron chi connectivity index (χ2n) is 5.82. The molecule has 1 aliphatic heterocycles. The first kappa shape index (κ1) is 18.0. The van der Waals surface area contributed by atoms with Crippen LogP contribution in [0, 0.1) is 0 Å². The van der Waals surface area contributed by atoms with Gasteiger partial charge in [0.25, 0.3) is 5.91 Å². The Bertz CT molecular complexity index is 677. The fraction of sp³-hybridized carbons (Fsp3) is 0.533. The van der Waals surface area contributed by atoms with Gasteiger partial charge >= 0.3 is 0 Å². The Hall–Kier alpha value is -1.31. The normalized spacial score (nSPS) is 17.3. The molecule has 0 atom stereocenters. The van der Waals surface area contributed by atoms with Crippen LogP contribution in [0.4, 0.5) is 5.69 Å². The van der Waals surface area contributed by atoms with Crippen molar-refractivity contribution in [3.8, 4) is 0 Å². The molecule has 1 N–H and O–H groups in total. The zero-order valence-electron chi connectivity index (χ0n) is 13.4. The Kier molecular flexibility index (Phi) is 5.89. The monoisotopic (exact) mass is 359 g/mol. The third-order valence-corrected chi connectivity index (χ3v) is 5.85. The molecular weight excluding hydrogens is 338 g/mol. The molecule has 1 aromatic carbocycles. The minimum absolute atomic E-state index is 0.114. The van der Waals surface area contributed by atoms with Crippen LogP contribution >= 0.6 is 11.6 Å². The highest BCUT2D eigenvalue weighted by Gasteiger charge is 2.28. The maximum Gasteiger partial charge on any atom is 0.251 e. The van der Waals surface area contributed by atoms with Gasteiger partial charge in [-0.3, -0.25) is 9.10 Å². The first-order valence-corrected chi connectivity index (χ1v) is 9.53. The maximum absolute atomic E-state index is 12.2. The first-order chi connectivity index (χ1) is 10.8. The molecule has 0 aliphatic carbocycles. The summed E-state index contributed by atoms with van der Waals surface area (Å²) in [6, 6.07) is 4.73. The zero-order chi connectivity index (χ0) is 17.0. The molecule has 1 fully saturated rings. The number of rotatable bonds is 5. The average molecular weight is 360 g/mol. The summed E-state index contributed by atoms with van der Waals surface area (Å²) in [6.45, 7) is 1.65. The molecular formula is C15H22ClN3O3S. The highest BCUT2D eigenvalue weighted by atomic mass is 35.5. The fourth-order valence-electron chi connectivity index (χ4n) is 2.40. The molecule has 0 aromatic heterocycles. The summed E-state index contributed by atoms with van der Waals surface area (Å²) in [4.78, 5) is 14.2. The number of amides is 1. The minimum atomic E-state index is -3.36. The first-order valence-electron chi connectivity index (χ1n) is 7.54. The average Bonchev–Trinajstić information content (AvgIpc) is 2.47. The molecule has 2 rings (SSSR count). The Morgan fingerprint density at radius 2 is 2.09 bits per heavy atom. The van der Waals surface area contributed by atoms with Gasteiger partial charge in [-0.1, -0.05) is 11.6 Å². The summed E-state index contributed by atoms with van der Waals surface area (Å²) in [5.74, 6) is -0.123. The van der Waals surface area contributed by atoms with Crippen LogP contribution in [0.3, 0.4) is 0 Å². The van der Waals surface area contributed by atoms with Crippen LogP contribution < -0.4 is 9.62 Å². The lowest BCUT2D eigenvalue weighted by molar-refractivity contribution is 0.0951. The lowest BCUT2D eigenvalue weighted by Crippen LogP contribution is -2.38. The molecule has 1 aliphatic rings. The van der Waals surface area contributed by atoms with Gasteiger partial charge in [0.05, 0.1) is 16.5 Å². The van der Waals surface area contributed by atoms with E-state index in [4.69, 9.17) is 11.6 Å². The van der Waals surface area contributed by atoms with E-state index >= 15 is 0 Å². The summed E-state index contributed by atoms with van der Waals surface area (Å²) in [5.41, 5.74) is 0.788. The second-order valence-corrected chi connectivity index (χ2v) is 8.24. The van der Waals surface area contributed by atoms with E-state index in [2.05, 4.69) is 5.32 Å². The predicted octanol–water partition coefficient (Wildman–Crippen LogP) is 1.56. The van der Waals surface area contributed by atoms with Crippen molar-refractivity contribution in [1.82, 2.24) is 10.2 Å². The van der Waals surface area contributed by atoms with Gasteiger partial charge in [-0.2, -0.15) is 0 Å². The second kappa shape index (κ2) is 7.51. The summed E-state index contributed by atoms with van der Waals surface area (Å²) in [7, 11) is 0.490. The molecule has 1 aromatic rings. The van der Waals surface area contributed by atoms with E-state index in [1.807, 2.05) is 19.0 Å². The Morgan fingerprint density at radius 1 is 1.35 bits per heavy atom. The fourth-order valence-corrected chi connectivity index (χ4v) is 4.32. The smallest absolute Gasteiger partial charge is 0.251 e. The van der Waals surface area contributed by atoms with Crippen molar-refractivity contribution < 1.29 is 13.2 Å². The SMILES string of the molecule is CN(C)CCNC(=O)c1ccc(Cl)c(N2CCCCS2(=O)=O)c1. The van der Waals surface area contributed by atoms with Gasteiger partial charge in [0.2, 0.25) is 10.0 Å². The van der Waals surface area contributed by atoms with E-state index in [1.54, 1.807) is 18.2 Å². The van der Waals surface area contributed by atoms with Gasteiger partial charge in [-0.15, -0.1) is 0 Å². The molecule has 128 valence electrons. The Labute approximate surface area is 142 Å². The maximum atomic E-state index is 12.2. The molecule has 6 nitrogen and oxygen atoms in total. The van der Waals surface area contributed by atoms with Crippen LogP contribution in [-0.4, -0.2) is 58.7 Å². The number of carbonyl (C=O) groups is 1. The zero-order valence-corrected chi connectivity index (χ0v) is 15.0. The third kappa shape index (κ3) is 4.59. The standard InChI is InChI=1S/C15H22ClN3O3S/c1-18(2)9-7-17-15(20)12-5-6-13(16)14(11-12)19-8-3-4-10-23(19,21)22/h5-6,11H,3-4,7-10H2,1-2H3,(H,17,20). The number of carbonyl (C=O) groups excluding carboxylic acids is 1. The number of sulfonamides is 1. The van der Waals surface area contributed by atoms with Crippen LogP contribution in [0.5, 0.6) is 0 Å². The van der Waals surface area contributed by atoms with Crippen molar-refractivity contribution in [2.45, 2.75) is 12.8 Å². The summed E-state index contributed by atoms with van der Waals surface area (Å²) >= 11 is 6.16. The highest BCUT2D eigenvalue weighted by molar-refractivity contribution is 7.92. The number of nitrogens with zero attached hydrogens (tertiary/aromatic N) is 2. The molecule has 8 heteroatoms. The van der Waals surface area contributed by atoms with Crippen LogP contribution in [0.15, 0.2) is 18.2 Å². The summed E-state index contributed by atoms with van der Waals surface area (Å²) < 4.78 is 25.8. The van der Waals surface area contributed by atoms with Crippen LogP contribution in [0.1, 0.15) is 23.2 Å². The molecule has 1 amide bonds. The lowest BCUT2D eigenvalue weighted by Gasteiger charge is -2.29. The molecule has 23 heavy (non-hydrogen) atoms. The van der Waals surface area contributed by atoms with E-state index in [0.717, 1.165) is 13.0 Å². The van der Waals surface area contributed by atoms with Crippen molar-refractivity contribution in [1.29, 1.82) is 0 Å². The van der Waals surface area contributed by atoms with E-state index < -0.39 is 10.0 Å². The number of hydrogen-bond acceptors (Lipinski definition) is 4. The number of nitrogens with one attached hydrogen (secondary N) is 1. The van der Waals surface area contributed by atoms with E-state index in [-0.39, 0.29) is 11.7 Å². The predicted molar refractivity (Wildman–Crippen MR) is 92.7 cm³/mol. The molecule has 0 saturated carbocycles. The molecule has 0 radical (unpaired) electrons. The topological polar surface area (TPSA) is 69.7 Å². The minimum Gasteiger partial charge on any atom is -0.351 e. The van der Waals surface area contributed by atoms with Crippen LogP contribution in [-0.2, 0) is 10.0 Å². The summed E-state index contributed by atoms with van der Waals surface area (Å²) in [6.07, 6.45) is 1.44. The van der Waals surface area contributed by atoms with Gasteiger partial charge < -0.3 is 10.2 Å². The van der Waals surface area contributed by atoms with Crippen molar-refractivity contribution in [2.75, 3.05) is 43.8 Å². The third-order valence-electron chi connectivity index (χ3n) is 3.67. The van der Waals surface area contributed by atoms with Crippen molar-refractivity contribution in [3.05, 3.63) is 28.8 Å². The van der Waals surface area contributed by atoms with E-state index in [0.29, 0.717) is 35.8 Å². The molecule has 0 unspecified atom stereocenters. The quantitative estimate of drug-likeness (QED) is 0.866. The number of hydrogen-bond donors (Lipinski definition) is 1. The molecule has 1 heterocycles. The number of benzene rings is 1. The Morgan fingerprint density at radius 3 is 2.74 bits per heavy atom. The van der Waals surface area contributed by atoms with Gasteiger partial charge in [0.1, 0.15) is 0 Å². The Balaban J connectivity index is 2.20. The van der Waals surface area contributed by atoms with Crippen molar-refractivity contribution >= 4 is 33.2 Å². The number of halogens is 1. The largest absolute Gasteiger partial charge is 0.351 e. The van der Waals surface area contributed by atoms with Gasteiger partial charge in [0.15, 0.2) is 0 Å². The van der Waals surface area contributed by atoms with Gasteiger partial charge in [-0.05, 0) is 45.1 Å². The highest BCUT2D eigenvalue weighted by Crippen LogP contribution is 2.31. The molecule has 0 bridgehead atoms. The van der Waals surface area contributed by atoms with Crippen LogP contribution in [0.25, 0.3) is 0 Å². The van der Waals surface area contributed by atoms with E-state index in [9.17, 15) is 13.2 Å². The van der Waals surface area contributed by atoms with Gasteiger partial charge in [-0.25, -0.2) is 8.42 Å². The molecule has 0 spiro atoms. The lowest BCUT2D eigenvalue weighted by atomic mass is 10.1. The van der Waals surface area contributed by atoms with E-state index in [1.165, 1.54) is 4.31 Å². The number of likely N-dealkylation sites (N-methyl/N-ethyl adjacent to an activating group) is 1. The van der Waals surface area contributed by atoms with Gasteiger partial charge in [0, 0.05) is 25.2 Å². The number of anilines is 1. The van der Waals surface area contributed by atoms with Crippen LogP contribution in [0.2, 0.25) is 5.02 Å². The molecule has 1 saturated heterocycles. The van der Waals surface area contributed by atoms with Crippen molar-refractivity contribution in [3.63, 3.8) is 0 Å².